The predicted octanol–water partition coefficient (Wildman–Crippen LogP) is 5.28. The molecule has 0 spiro atoms. The Bertz CT molecular complexity index is 951. The number of hydrogen-bond donors (Lipinski definition) is 2. The number of ether oxygens (including phenoxy) is 2. The van der Waals surface area contributed by atoms with E-state index in [4.69, 9.17) is 9.47 Å². The smallest absolute Gasteiger partial charge is 0.229 e. The summed E-state index contributed by atoms with van der Waals surface area (Å²) in [5.74, 6) is 2.58. The van der Waals surface area contributed by atoms with E-state index in [0.29, 0.717) is 17.5 Å². The van der Waals surface area contributed by atoms with E-state index >= 15 is 0 Å². The second-order valence-corrected chi connectivity index (χ2v) is 7.38. The summed E-state index contributed by atoms with van der Waals surface area (Å²) >= 11 is 0. The molecule has 28 heavy (non-hydrogen) atoms. The highest BCUT2D eigenvalue weighted by atomic mass is 16.5. The number of benzene rings is 2. The average Bonchev–Trinajstić information content (AvgIpc) is 2.68. The average molecular weight is 378 g/mol. The summed E-state index contributed by atoms with van der Waals surface area (Å²) in [5.41, 5.74) is 3.00. The molecule has 1 aromatic heterocycles. The largest absolute Gasteiger partial charge is 0.497 e. The first kappa shape index (κ1) is 19.5. The molecule has 3 rings (SSSR count). The minimum Gasteiger partial charge on any atom is -0.497 e. The third-order valence-corrected chi connectivity index (χ3v) is 4.31. The van der Waals surface area contributed by atoms with Gasteiger partial charge in [0.05, 0.1) is 19.9 Å². The highest BCUT2D eigenvalue weighted by molar-refractivity contribution is 5.67. The number of nitrogens with one attached hydrogen (secondary N) is 2. The van der Waals surface area contributed by atoms with Gasteiger partial charge < -0.3 is 20.1 Å². The number of methoxy groups -OCH3 is 2. The number of hydrogen-bond acceptors (Lipinski definition) is 6. The molecule has 0 atom stereocenters. The molecule has 0 aliphatic rings. The summed E-state index contributed by atoms with van der Waals surface area (Å²) in [6, 6.07) is 15.6. The van der Waals surface area contributed by atoms with E-state index in [-0.39, 0.29) is 5.41 Å². The zero-order valence-corrected chi connectivity index (χ0v) is 16.9. The number of anilines is 4. The van der Waals surface area contributed by atoms with Gasteiger partial charge in [-0.25, -0.2) is 4.98 Å². The van der Waals surface area contributed by atoms with Crippen LogP contribution in [0.2, 0.25) is 0 Å². The number of rotatable bonds is 6. The van der Waals surface area contributed by atoms with E-state index in [1.54, 1.807) is 20.4 Å². The lowest BCUT2D eigenvalue weighted by molar-refractivity contribution is 0.395. The molecule has 0 unspecified atom stereocenters. The molecule has 0 amide bonds. The highest BCUT2D eigenvalue weighted by Crippen LogP contribution is 2.32. The van der Waals surface area contributed by atoms with Gasteiger partial charge in [0.1, 0.15) is 17.3 Å². The van der Waals surface area contributed by atoms with Crippen LogP contribution >= 0.6 is 0 Å². The minimum atomic E-state index is 0.00984. The zero-order chi connectivity index (χ0) is 20.1. The van der Waals surface area contributed by atoms with Crippen molar-refractivity contribution in [2.24, 2.45) is 0 Å². The lowest BCUT2D eigenvalue weighted by Crippen LogP contribution is -2.14. The molecule has 2 aromatic carbocycles. The van der Waals surface area contributed by atoms with Crippen LogP contribution in [0.5, 0.6) is 11.5 Å². The molecule has 0 saturated heterocycles. The van der Waals surface area contributed by atoms with Crippen LogP contribution in [0.15, 0.2) is 54.7 Å². The molecule has 3 aromatic rings. The van der Waals surface area contributed by atoms with E-state index in [0.717, 1.165) is 17.1 Å². The molecule has 2 N–H and O–H groups in total. The van der Waals surface area contributed by atoms with Gasteiger partial charge in [-0.1, -0.05) is 39.0 Å². The summed E-state index contributed by atoms with van der Waals surface area (Å²) in [7, 11) is 3.25. The monoisotopic (exact) mass is 378 g/mol. The van der Waals surface area contributed by atoms with Crippen molar-refractivity contribution in [2.75, 3.05) is 24.9 Å². The van der Waals surface area contributed by atoms with Gasteiger partial charge in [0.2, 0.25) is 5.95 Å². The van der Waals surface area contributed by atoms with Crippen LogP contribution < -0.4 is 20.1 Å². The van der Waals surface area contributed by atoms with Gasteiger partial charge in [-0.2, -0.15) is 4.98 Å². The predicted molar refractivity (Wildman–Crippen MR) is 113 cm³/mol. The molecule has 6 heteroatoms. The second kappa shape index (κ2) is 8.17. The maximum absolute atomic E-state index is 5.44. The number of nitrogens with zero attached hydrogens (tertiary/aromatic N) is 2. The van der Waals surface area contributed by atoms with Crippen LogP contribution in [-0.2, 0) is 5.41 Å². The molecule has 6 nitrogen and oxygen atoms in total. The Morgan fingerprint density at radius 3 is 2.36 bits per heavy atom. The lowest BCUT2D eigenvalue weighted by atomic mass is 9.86. The van der Waals surface area contributed by atoms with Crippen LogP contribution in [0.3, 0.4) is 0 Å². The fourth-order valence-corrected chi connectivity index (χ4v) is 2.89. The first-order chi connectivity index (χ1) is 13.4. The zero-order valence-electron chi connectivity index (χ0n) is 16.9. The molecule has 0 radical (unpaired) electrons. The summed E-state index contributed by atoms with van der Waals surface area (Å²) in [6.45, 7) is 6.55. The van der Waals surface area contributed by atoms with E-state index < -0.39 is 0 Å². The van der Waals surface area contributed by atoms with E-state index in [1.807, 2.05) is 42.5 Å². The summed E-state index contributed by atoms with van der Waals surface area (Å²) in [4.78, 5) is 8.94. The lowest BCUT2D eigenvalue weighted by Gasteiger charge is -2.23. The Labute approximate surface area is 166 Å². The van der Waals surface area contributed by atoms with Gasteiger partial charge in [0.15, 0.2) is 0 Å². The van der Waals surface area contributed by atoms with Gasteiger partial charge >= 0.3 is 0 Å². The van der Waals surface area contributed by atoms with Crippen LogP contribution in [0.4, 0.5) is 23.1 Å². The van der Waals surface area contributed by atoms with Gasteiger partial charge in [0, 0.05) is 18.0 Å². The Morgan fingerprint density at radius 2 is 1.64 bits per heavy atom. The summed E-state index contributed by atoms with van der Waals surface area (Å²) in [5, 5.41) is 6.61. The Balaban J connectivity index is 1.85. The first-order valence-electron chi connectivity index (χ1n) is 9.09. The fourth-order valence-electron chi connectivity index (χ4n) is 2.89. The Hall–Kier alpha value is -3.28. The molecular weight excluding hydrogens is 352 g/mol. The Kier molecular flexibility index (Phi) is 5.68. The van der Waals surface area contributed by atoms with E-state index in [9.17, 15) is 0 Å². The topological polar surface area (TPSA) is 68.3 Å². The van der Waals surface area contributed by atoms with Crippen molar-refractivity contribution < 1.29 is 9.47 Å². The minimum absolute atomic E-state index is 0.00984. The molecule has 0 aliphatic heterocycles. The second-order valence-electron chi connectivity index (χ2n) is 7.38. The van der Waals surface area contributed by atoms with Crippen molar-refractivity contribution in [3.8, 4) is 11.5 Å². The molecule has 1 heterocycles. The van der Waals surface area contributed by atoms with E-state index in [1.165, 1.54) is 5.56 Å². The summed E-state index contributed by atoms with van der Waals surface area (Å²) in [6.07, 6.45) is 1.72. The maximum Gasteiger partial charge on any atom is 0.229 e. The van der Waals surface area contributed by atoms with E-state index in [2.05, 4.69) is 47.4 Å². The quantitative estimate of drug-likeness (QED) is 0.608. The van der Waals surface area contributed by atoms with Crippen LogP contribution in [0.1, 0.15) is 26.3 Å². The number of aromatic nitrogens is 2. The standard InChI is InChI=1S/C22H26N4O2/c1-22(2,3)16-8-6-7-9-17(16)25-21-23-13-12-20(26-21)24-18-11-10-15(27-4)14-19(18)28-5/h6-14H,1-5H3,(H2,23,24,25,26). The molecule has 146 valence electrons. The van der Waals surface area contributed by atoms with Crippen molar-refractivity contribution in [3.05, 3.63) is 60.3 Å². The first-order valence-corrected chi connectivity index (χ1v) is 9.09. The van der Waals surface area contributed by atoms with Crippen molar-refractivity contribution >= 4 is 23.1 Å². The van der Waals surface area contributed by atoms with Crippen molar-refractivity contribution in [1.82, 2.24) is 9.97 Å². The normalized spacial score (nSPS) is 11.0. The van der Waals surface area contributed by atoms with Gasteiger partial charge in [-0.15, -0.1) is 0 Å². The SMILES string of the molecule is COc1ccc(Nc2ccnc(Nc3ccccc3C(C)(C)C)n2)c(OC)c1. The van der Waals surface area contributed by atoms with Crippen LogP contribution in [0.25, 0.3) is 0 Å². The van der Waals surface area contributed by atoms with Gasteiger partial charge in [0.25, 0.3) is 0 Å². The van der Waals surface area contributed by atoms with Crippen LogP contribution in [-0.4, -0.2) is 24.2 Å². The fraction of sp³-hybridized carbons (Fsp3) is 0.273. The Morgan fingerprint density at radius 1 is 0.857 bits per heavy atom. The van der Waals surface area contributed by atoms with Gasteiger partial charge in [-0.05, 0) is 35.2 Å². The molecule has 0 saturated carbocycles. The summed E-state index contributed by atoms with van der Waals surface area (Å²) < 4.78 is 10.7. The molecule has 0 aliphatic carbocycles. The third-order valence-electron chi connectivity index (χ3n) is 4.31. The van der Waals surface area contributed by atoms with Crippen molar-refractivity contribution in [2.45, 2.75) is 26.2 Å². The van der Waals surface area contributed by atoms with Crippen LogP contribution in [0, 0.1) is 0 Å². The third kappa shape index (κ3) is 4.52. The highest BCUT2D eigenvalue weighted by Gasteiger charge is 2.18. The molecular formula is C22H26N4O2. The van der Waals surface area contributed by atoms with Crippen molar-refractivity contribution in [1.29, 1.82) is 0 Å². The van der Waals surface area contributed by atoms with Crippen molar-refractivity contribution in [3.63, 3.8) is 0 Å². The molecule has 0 fully saturated rings. The maximum atomic E-state index is 5.44. The van der Waals surface area contributed by atoms with Gasteiger partial charge in [-0.3, -0.25) is 0 Å². The number of para-hydroxylation sites is 1. The molecule has 0 bridgehead atoms.